The number of nitrogens with one attached hydrogen (secondary N) is 2. The minimum atomic E-state index is -3.42. The molecule has 2 N–H and O–H groups in total. The van der Waals surface area contributed by atoms with Gasteiger partial charge in [-0.3, -0.25) is 0 Å². The van der Waals surface area contributed by atoms with Gasteiger partial charge in [0, 0.05) is 12.6 Å². The van der Waals surface area contributed by atoms with E-state index in [0.29, 0.717) is 11.4 Å². The van der Waals surface area contributed by atoms with Crippen LogP contribution in [0.1, 0.15) is 42.4 Å². The van der Waals surface area contributed by atoms with Gasteiger partial charge >= 0.3 is 0 Å². The van der Waals surface area contributed by atoms with Crippen molar-refractivity contribution in [1.82, 2.24) is 10.0 Å². The van der Waals surface area contributed by atoms with Crippen molar-refractivity contribution in [3.05, 3.63) is 28.8 Å². The largest absolute Gasteiger partial charge is 0.316 e. The Kier molecular flexibility index (Phi) is 4.83. The van der Waals surface area contributed by atoms with Gasteiger partial charge in [0.05, 0.1) is 4.90 Å². The molecule has 4 nitrogen and oxygen atoms in total. The standard InChI is InChI=1S/C15H24N2O2S/c1-11-8-13(10-16-3)9-15(12(11)2)20(18,19)17-14-6-4-5-7-14/h8-9,14,16-17H,4-7,10H2,1-3H3. The number of sulfonamides is 1. The van der Waals surface area contributed by atoms with Crippen molar-refractivity contribution in [1.29, 1.82) is 0 Å². The van der Waals surface area contributed by atoms with Crippen LogP contribution < -0.4 is 10.0 Å². The van der Waals surface area contributed by atoms with Gasteiger partial charge < -0.3 is 5.32 Å². The van der Waals surface area contributed by atoms with Gasteiger partial charge in [-0.05, 0) is 56.5 Å². The van der Waals surface area contributed by atoms with Crippen molar-refractivity contribution in [2.75, 3.05) is 7.05 Å². The van der Waals surface area contributed by atoms with E-state index in [2.05, 4.69) is 10.0 Å². The van der Waals surface area contributed by atoms with Crippen LogP contribution in [0.5, 0.6) is 0 Å². The van der Waals surface area contributed by atoms with E-state index in [-0.39, 0.29) is 6.04 Å². The molecule has 0 heterocycles. The smallest absolute Gasteiger partial charge is 0.241 e. The molecule has 0 aromatic heterocycles. The molecular weight excluding hydrogens is 272 g/mol. The molecular formula is C15H24N2O2S. The number of rotatable bonds is 5. The van der Waals surface area contributed by atoms with Crippen LogP contribution >= 0.6 is 0 Å². The third kappa shape index (κ3) is 3.40. The summed E-state index contributed by atoms with van der Waals surface area (Å²) in [7, 11) is -1.55. The average molecular weight is 296 g/mol. The highest BCUT2D eigenvalue weighted by atomic mass is 32.2. The van der Waals surface area contributed by atoms with E-state index in [0.717, 1.165) is 42.4 Å². The quantitative estimate of drug-likeness (QED) is 0.876. The molecule has 0 bridgehead atoms. The molecule has 0 saturated heterocycles. The molecule has 0 radical (unpaired) electrons. The summed E-state index contributed by atoms with van der Waals surface area (Å²) in [5.41, 5.74) is 2.86. The van der Waals surface area contributed by atoms with Gasteiger partial charge in [-0.15, -0.1) is 0 Å². The number of benzene rings is 1. The fraction of sp³-hybridized carbons (Fsp3) is 0.600. The Morgan fingerprint density at radius 2 is 1.85 bits per heavy atom. The molecule has 0 amide bonds. The van der Waals surface area contributed by atoms with Crippen molar-refractivity contribution in [2.24, 2.45) is 0 Å². The Hall–Kier alpha value is -0.910. The van der Waals surface area contributed by atoms with E-state index >= 15 is 0 Å². The molecule has 0 atom stereocenters. The molecule has 112 valence electrons. The van der Waals surface area contributed by atoms with Gasteiger partial charge in [-0.1, -0.05) is 18.9 Å². The van der Waals surface area contributed by atoms with E-state index in [1.54, 1.807) is 6.07 Å². The normalized spacial score (nSPS) is 16.8. The van der Waals surface area contributed by atoms with Gasteiger partial charge in [0.25, 0.3) is 0 Å². The number of hydrogen-bond acceptors (Lipinski definition) is 3. The van der Waals surface area contributed by atoms with Gasteiger partial charge in [-0.2, -0.15) is 0 Å². The first-order chi connectivity index (χ1) is 9.44. The average Bonchev–Trinajstić information content (AvgIpc) is 2.85. The van der Waals surface area contributed by atoms with Crippen LogP contribution in [0.4, 0.5) is 0 Å². The zero-order chi connectivity index (χ0) is 14.8. The van der Waals surface area contributed by atoms with Crippen LogP contribution in [0.15, 0.2) is 17.0 Å². The van der Waals surface area contributed by atoms with Crippen LogP contribution in [0.3, 0.4) is 0 Å². The van der Waals surface area contributed by atoms with Crippen molar-refractivity contribution in [3.8, 4) is 0 Å². The summed E-state index contributed by atoms with van der Waals surface area (Å²) < 4.78 is 28.0. The lowest BCUT2D eigenvalue weighted by Crippen LogP contribution is -2.33. The Morgan fingerprint density at radius 1 is 1.20 bits per heavy atom. The highest BCUT2D eigenvalue weighted by Gasteiger charge is 2.24. The molecule has 0 aliphatic heterocycles. The summed E-state index contributed by atoms with van der Waals surface area (Å²) in [6.45, 7) is 4.51. The molecule has 1 fully saturated rings. The predicted octanol–water partition coefficient (Wildman–Crippen LogP) is 2.24. The summed E-state index contributed by atoms with van der Waals surface area (Å²) in [5.74, 6) is 0. The van der Waals surface area contributed by atoms with Gasteiger partial charge in [0.15, 0.2) is 0 Å². The zero-order valence-corrected chi connectivity index (χ0v) is 13.3. The molecule has 0 unspecified atom stereocenters. The lowest BCUT2D eigenvalue weighted by atomic mass is 10.1. The summed E-state index contributed by atoms with van der Waals surface area (Å²) in [6, 6.07) is 3.93. The predicted molar refractivity (Wildman–Crippen MR) is 81.3 cm³/mol. The number of aryl methyl sites for hydroxylation is 1. The van der Waals surface area contributed by atoms with E-state index in [1.165, 1.54) is 0 Å². The molecule has 1 aliphatic carbocycles. The van der Waals surface area contributed by atoms with E-state index < -0.39 is 10.0 Å². The Morgan fingerprint density at radius 3 is 2.45 bits per heavy atom. The topological polar surface area (TPSA) is 58.2 Å². The summed E-state index contributed by atoms with van der Waals surface area (Å²) in [4.78, 5) is 0.426. The van der Waals surface area contributed by atoms with Crippen LogP contribution in [-0.4, -0.2) is 21.5 Å². The Bertz CT molecular complexity index is 576. The molecule has 5 heteroatoms. The minimum absolute atomic E-state index is 0.104. The van der Waals surface area contributed by atoms with Crippen molar-refractivity contribution < 1.29 is 8.42 Å². The van der Waals surface area contributed by atoms with Crippen LogP contribution in [-0.2, 0) is 16.6 Å². The molecule has 0 spiro atoms. The second-order valence-corrected chi connectivity index (χ2v) is 7.35. The fourth-order valence-corrected chi connectivity index (χ4v) is 4.48. The number of hydrogen-bond donors (Lipinski definition) is 2. The first-order valence-corrected chi connectivity index (χ1v) is 8.69. The van der Waals surface area contributed by atoms with Crippen molar-refractivity contribution in [3.63, 3.8) is 0 Å². The Balaban J connectivity index is 2.33. The Labute approximate surface area is 122 Å². The summed E-state index contributed by atoms with van der Waals surface area (Å²) >= 11 is 0. The maximum atomic E-state index is 12.6. The maximum absolute atomic E-state index is 12.6. The van der Waals surface area contributed by atoms with Crippen LogP contribution in [0.2, 0.25) is 0 Å². The van der Waals surface area contributed by atoms with Crippen LogP contribution in [0, 0.1) is 13.8 Å². The first kappa shape index (κ1) is 15.5. The van der Waals surface area contributed by atoms with Gasteiger partial charge in [0.2, 0.25) is 10.0 Å². The summed E-state index contributed by atoms with van der Waals surface area (Å²) in [5, 5.41) is 3.07. The van der Waals surface area contributed by atoms with E-state index in [9.17, 15) is 8.42 Å². The fourth-order valence-electron chi connectivity index (χ4n) is 2.81. The van der Waals surface area contributed by atoms with Gasteiger partial charge in [0.1, 0.15) is 0 Å². The lowest BCUT2D eigenvalue weighted by molar-refractivity contribution is 0.551. The third-order valence-electron chi connectivity index (χ3n) is 4.03. The second-order valence-electron chi connectivity index (χ2n) is 5.67. The van der Waals surface area contributed by atoms with Crippen molar-refractivity contribution >= 4 is 10.0 Å². The zero-order valence-electron chi connectivity index (χ0n) is 12.5. The lowest BCUT2D eigenvalue weighted by Gasteiger charge is -2.16. The van der Waals surface area contributed by atoms with Crippen LogP contribution in [0.25, 0.3) is 0 Å². The van der Waals surface area contributed by atoms with E-state index in [1.807, 2.05) is 27.0 Å². The molecule has 2 rings (SSSR count). The van der Waals surface area contributed by atoms with E-state index in [4.69, 9.17) is 0 Å². The molecule has 20 heavy (non-hydrogen) atoms. The summed E-state index contributed by atoms with van der Waals surface area (Å²) in [6.07, 6.45) is 4.14. The highest BCUT2D eigenvalue weighted by molar-refractivity contribution is 7.89. The molecule has 1 aromatic rings. The SMILES string of the molecule is CNCc1cc(C)c(C)c(S(=O)(=O)NC2CCCC2)c1. The second kappa shape index (κ2) is 6.24. The molecule has 1 aromatic carbocycles. The maximum Gasteiger partial charge on any atom is 0.241 e. The van der Waals surface area contributed by atoms with Gasteiger partial charge in [-0.25, -0.2) is 13.1 Å². The monoisotopic (exact) mass is 296 g/mol. The van der Waals surface area contributed by atoms with Crippen molar-refractivity contribution in [2.45, 2.75) is 57.0 Å². The molecule has 1 saturated carbocycles. The first-order valence-electron chi connectivity index (χ1n) is 7.21. The third-order valence-corrected chi connectivity index (χ3v) is 5.67. The minimum Gasteiger partial charge on any atom is -0.316 e. The highest BCUT2D eigenvalue weighted by Crippen LogP contribution is 2.24. The molecule has 1 aliphatic rings.